The van der Waals surface area contributed by atoms with Crippen molar-refractivity contribution in [2.45, 2.75) is 51.7 Å². The third-order valence-corrected chi connectivity index (χ3v) is 5.73. The number of ether oxygens (including phenoxy) is 2. The standard InChI is InChI=1S/C21H32N2O4/c1-15-5-6-16-17(12-20(2,3)27-18(16)11-15)22-19(25)23(4)13-21(14-24)7-9-26-10-8-21/h5-6,11,17,24H,7-10,12-14H2,1-4H3,(H,22,25)/t17-/m1/s1. The quantitative estimate of drug-likeness (QED) is 0.847. The topological polar surface area (TPSA) is 71.0 Å². The molecule has 0 radical (unpaired) electrons. The molecule has 2 amide bonds. The van der Waals surface area contributed by atoms with Crippen LogP contribution in [-0.4, -0.2) is 55.1 Å². The van der Waals surface area contributed by atoms with Crippen molar-refractivity contribution in [3.8, 4) is 5.75 Å². The normalized spacial score (nSPS) is 23.1. The molecule has 0 spiro atoms. The van der Waals surface area contributed by atoms with E-state index in [0.29, 0.717) is 26.2 Å². The van der Waals surface area contributed by atoms with E-state index >= 15 is 0 Å². The fourth-order valence-corrected chi connectivity index (χ4v) is 4.09. The van der Waals surface area contributed by atoms with Crippen LogP contribution in [0.5, 0.6) is 5.75 Å². The maximum Gasteiger partial charge on any atom is 0.317 e. The maximum absolute atomic E-state index is 12.9. The van der Waals surface area contributed by atoms with Crippen LogP contribution in [0.1, 0.15) is 50.3 Å². The summed E-state index contributed by atoms with van der Waals surface area (Å²) in [6.45, 7) is 7.99. The van der Waals surface area contributed by atoms with Crippen LogP contribution >= 0.6 is 0 Å². The molecule has 3 rings (SSSR count). The van der Waals surface area contributed by atoms with Crippen molar-refractivity contribution >= 4 is 6.03 Å². The minimum Gasteiger partial charge on any atom is -0.487 e. The number of aryl methyl sites for hydroxylation is 1. The van der Waals surface area contributed by atoms with Crippen molar-refractivity contribution in [3.63, 3.8) is 0 Å². The Kier molecular flexibility index (Phi) is 5.68. The van der Waals surface area contributed by atoms with Gasteiger partial charge in [-0.3, -0.25) is 0 Å². The van der Waals surface area contributed by atoms with E-state index in [2.05, 4.69) is 5.32 Å². The molecule has 1 aromatic rings. The second kappa shape index (κ2) is 7.68. The molecule has 2 heterocycles. The van der Waals surface area contributed by atoms with E-state index in [1.165, 1.54) is 0 Å². The lowest BCUT2D eigenvalue weighted by atomic mass is 9.80. The molecule has 0 aromatic heterocycles. The van der Waals surface area contributed by atoms with Gasteiger partial charge < -0.3 is 24.8 Å². The zero-order valence-electron chi connectivity index (χ0n) is 16.9. The van der Waals surface area contributed by atoms with Crippen LogP contribution in [0.15, 0.2) is 18.2 Å². The predicted molar refractivity (Wildman–Crippen MR) is 104 cm³/mol. The Morgan fingerprint density at radius 2 is 2.04 bits per heavy atom. The molecule has 1 atom stereocenters. The van der Waals surface area contributed by atoms with Crippen molar-refractivity contribution < 1.29 is 19.4 Å². The Bertz CT molecular complexity index is 683. The number of nitrogens with zero attached hydrogens (tertiary/aromatic N) is 1. The molecule has 2 aliphatic rings. The predicted octanol–water partition coefficient (Wildman–Crippen LogP) is 3.03. The summed E-state index contributed by atoms with van der Waals surface area (Å²) in [4.78, 5) is 14.6. The fourth-order valence-electron chi connectivity index (χ4n) is 4.09. The summed E-state index contributed by atoms with van der Waals surface area (Å²) in [5, 5.41) is 13.1. The summed E-state index contributed by atoms with van der Waals surface area (Å²) >= 11 is 0. The van der Waals surface area contributed by atoms with Gasteiger partial charge in [0.15, 0.2) is 0 Å². The molecular weight excluding hydrogens is 344 g/mol. The van der Waals surface area contributed by atoms with E-state index in [9.17, 15) is 9.90 Å². The average Bonchev–Trinajstić information content (AvgIpc) is 2.61. The Hall–Kier alpha value is -1.79. The Morgan fingerprint density at radius 3 is 2.70 bits per heavy atom. The van der Waals surface area contributed by atoms with E-state index in [0.717, 1.165) is 29.7 Å². The van der Waals surface area contributed by atoms with Gasteiger partial charge in [-0.25, -0.2) is 4.79 Å². The first-order valence-corrected chi connectivity index (χ1v) is 9.73. The summed E-state index contributed by atoms with van der Waals surface area (Å²) in [7, 11) is 1.79. The van der Waals surface area contributed by atoms with Crippen LogP contribution in [0.2, 0.25) is 0 Å². The Labute approximate surface area is 161 Å². The van der Waals surface area contributed by atoms with Gasteiger partial charge in [0.1, 0.15) is 11.4 Å². The highest BCUT2D eigenvalue weighted by atomic mass is 16.5. The first kappa shape index (κ1) is 20.0. The minimum absolute atomic E-state index is 0.0698. The molecule has 1 fully saturated rings. The number of hydrogen-bond donors (Lipinski definition) is 2. The number of benzene rings is 1. The summed E-state index contributed by atoms with van der Waals surface area (Å²) in [6, 6.07) is 5.90. The van der Waals surface area contributed by atoms with Gasteiger partial charge in [0.2, 0.25) is 0 Å². The van der Waals surface area contributed by atoms with Crippen molar-refractivity contribution in [1.29, 1.82) is 0 Å². The molecule has 0 aliphatic carbocycles. The molecule has 2 N–H and O–H groups in total. The SMILES string of the molecule is Cc1ccc2c(c1)OC(C)(C)C[C@H]2NC(=O)N(C)CC1(CO)CCOCC1. The smallest absolute Gasteiger partial charge is 0.317 e. The van der Waals surface area contributed by atoms with Crippen LogP contribution in [0.4, 0.5) is 4.79 Å². The Balaban J connectivity index is 1.71. The summed E-state index contributed by atoms with van der Waals surface area (Å²) in [5.74, 6) is 0.843. The lowest BCUT2D eigenvalue weighted by molar-refractivity contribution is -0.0263. The molecule has 1 aromatic carbocycles. The molecule has 6 nitrogen and oxygen atoms in total. The van der Waals surface area contributed by atoms with Gasteiger partial charge in [0.05, 0.1) is 12.6 Å². The van der Waals surface area contributed by atoms with Gasteiger partial charge in [0, 0.05) is 44.2 Å². The van der Waals surface area contributed by atoms with E-state index in [-0.39, 0.29) is 29.7 Å². The van der Waals surface area contributed by atoms with Crippen molar-refractivity contribution in [2.24, 2.45) is 5.41 Å². The largest absolute Gasteiger partial charge is 0.487 e. The lowest BCUT2D eigenvalue weighted by Gasteiger charge is -2.40. The number of hydrogen-bond acceptors (Lipinski definition) is 4. The second-order valence-corrected chi connectivity index (χ2v) is 8.74. The molecule has 0 bridgehead atoms. The lowest BCUT2D eigenvalue weighted by Crippen LogP contribution is -2.49. The van der Waals surface area contributed by atoms with Crippen LogP contribution < -0.4 is 10.1 Å². The number of urea groups is 1. The van der Waals surface area contributed by atoms with E-state index in [1.54, 1.807) is 11.9 Å². The summed E-state index contributed by atoms with van der Waals surface area (Å²) in [5.41, 5.74) is 1.54. The first-order valence-electron chi connectivity index (χ1n) is 9.73. The molecule has 0 unspecified atom stereocenters. The fraction of sp³-hybridized carbons (Fsp3) is 0.667. The van der Waals surface area contributed by atoms with Crippen molar-refractivity contribution in [3.05, 3.63) is 29.3 Å². The number of aliphatic hydroxyl groups excluding tert-OH is 1. The first-order chi connectivity index (χ1) is 12.7. The third-order valence-electron chi connectivity index (χ3n) is 5.73. The highest BCUT2D eigenvalue weighted by Gasteiger charge is 2.37. The van der Waals surface area contributed by atoms with Gasteiger partial charge >= 0.3 is 6.03 Å². The number of aliphatic hydroxyl groups is 1. The summed E-state index contributed by atoms with van der Waals surface area (Å²) < 4.78 is 11.5. The Morgan fingerprint density at radius 1 is 1.33 bits per heavy atom. The average molecular weight is 376 g/mol. The van der Waals surface area contributed by atoms with Crippen molar-refractivity contribution in [2.75, 3.05) is 33.4 Å². The maximum atomic E-state index is 12.9. The van der Waals surface area contributed by atoms with Gasteiger partial charge in [0.25, 0.3) is 0 Å². The highest BCUT2D eigenvalue weighted by Crippen LogP contribution is 2.40. The zero-order valence-corrected chi connectivity index (χ0v) is 16.9. The number of amides is 2. The molecule has 0 saturated carbocycles. The second-order valence-electron chi connectivity index (χ2n) is 8.74. The number of nitrogens with one attached hydrogen (secondary N) is 1. The van der Waals surface area contributed by atoms with Crippen molar-refractivity contribution in [1.82, 2.24) is 10.2 Å². The zero-order chi connectivity index (χ0) is 19.7. The van der Waals surface area contributed by atoms with Crippen LogP contribution in [0.25, 0.3) is 0 Å². The molecule has 27 heavy (non-hydrogen) atoms. The van der Waals surface area contributed by atoms with E-state index < -0.39 is 0 Å². The number of fused-ring (bicyclic) bond motifs is 1. The highest BCUT2D eigenvalue weighted by molar-refractivity contribution is 5.74. The number of rotatable bonds is 4. The number of carbonyl (C=O) groups excluding carboxylic acids is 1. The molecule has 2 aliphatic heterocycles. The van der Waals surface area contributed by atoms with Crippen LogP contribution in [0.3, 0.4) is 0 Å². The minimum atomic E-state index is -0.343. The van der Waals surface area contributed by atoms with E-state index in [1.807, 2.05) is 39.0 Å². The third kappa shape index (κ3) is 4.55. The van der Waals surface area contributed by atoms with Gasteiger partial charge in [-0.2, -0.15) is 0 Å². The van der Waals surface area contributed by atoms with Crippen LogP contribution in [0, 0.1) is 12.3 Å². The van der Waals surface area contributed by atoms with Gasteiger partial charge in [-0.1, -0.05) is 12.1 Å². The van der Waals surface area contributed by atoms with Gasteiger partial charge in [-0.15, -0.1) is 0 Å². The molecule has 1 saturated heterocycles. The number of carbonyl (C=O) groups is 1. The van der Waals surface area contributed by atoms with Crippen LogP contribution in [-0.2, 0) is 4.74 Å². The molecular formula is C21H32N2O4. The van der Waals surface area contributed by atoms with Gasteiger partial charge in [-0.05, 0) is 45.2 Å². The van der Waals surface area contributed by atoms with E-state index in [4.69, 9.17) is 9.47 Å². The molecule has 150 valence electrons. The molecule has 6 heteroatoms. The monoisotopic (exact) mass is 376 g/mol. The summed E-state index contributed by atoms with van der Waals surface area (Å²) in [6.07, 6.45) is 2.25.